The molecule has 2 amide bonds. The summed E-state index contributed by atoms with van der Waals surface area (Å²) >= 11 is 0. The van der Waals surface area contributed by atoms with Gasteiger partial charge in [-0.3, -0.25) is 5.10 Å². The van der Waals surface area contributed by atoms with E-state index in [0.717, 1.165) is 39.0 Å². The summed E-state index contributed by atoms with van der Waals surface area (Å²) in [6.07, 6.45) is 5.26. The van der Waals surface area contributed by atoms with Gasteiger partial charge in [-0.1, -0.05) is 24.3 Å². The smallest absolute Gasteiger partial charge is 0.318 e. The van der Waals surface area contributed by atoms with Crippen molar-refractivity contribution in [2.45, 2.75) is 33.0 Å². The van der Waals surface area contributed by atoms with Crippen molar-refractivity contribution in [1.82, 2.24) is 30.4 Å². The molecule has 6 rings (SSSR count). The van der Waals surface area contributed by atoms with Gasteiger partial charge in [0.05, 0.1) is 12.5 Å². The highest BCUT2D eigenvalue weighted by Gasteiger charge is 2.24. The van der Waals surface area contributed by atoms with E-state index >= 15 is 0 Å². The maximum Gasteiger partial charge on any atom is 0.318 e. The first-order chi connectivity index (χ1) is 17.5. The van der Waals surface area contributed by atoms with Crippen molar-refractivity contribution in [2.24, 2.45) is 0 Å². The maximum atomic E-state index is 12.5. The first-order valence-corrected chi connectivity index (χ1v) is 11.8. The Balaban J connectivity index is 1.28. The molecule has 9 nitrogen and oxygen atoms in total. The molecule has 0 radical (unpaired) electrons. The van der Waals surface area contributed by atoms with Crippen molar-refractivity contribution in [1.29, 1.82) is 0 Å². The lowest BCUT2D eigenvalue weighted by molar-refractivity contribution is 0.196. The molecule has 0 atom stereocenters. The first-order valence-electron chi connectivity index (χ1n) is 11.8. The van der Waals surface area contributed by atoms with E-state index in [9.17, 15) is 4.79 Å². The number of hydrogen-bond donors (Lipinski definition) is 3. The number of aromatic nitrogens is 4. The summed E-state index contributed by atoms with van der Waals surface area (Å²) in [6, 6.07) is 16.0. The average molecular weight is 480 g/mol. The molecule has 0 saturated heterocycles. The number of benzene rings is 2. The van der Waals surface area contributed by atoms with E-state index in [-0.39, 0.29) is 12.1 Å². The number of fused-ring (bicyclic) bond motifs is 2. The quantitative estimate of drug-likeness (QED) is 0.309. The number of anilines is 2. The van der Waals surface area contributed by atoms with Gasteiger partial charge < -0.3 is 20.0 Å². The monoisotopic (exact) mass is 479 g/mol. The summed E-state index contributed by atoms with van der Waals surface area (Å²) in [4.78, 5) is 23.8. The molecule has 1 aliphatic heterocycles. The number of nitrogens with zero attached hydrogens (tertiary/aromatic N) is 4. The van der Waals surface area contributed by atoms with Crippen LogP contribution in [0.15, 0.2) is 71.6 Å². The van der Waals surface area contributed by atoms with Crippen LogP contribution in [0.5, 0.6) is 0 Å². The Bertz CT molecular complexity index is 1540. The lowest BCUT2D eigenvalue weighted by Crippen LogP contribution is -2.40. The summed E-state index contributed by atoms with van der Waals surface area (Å²) < 4.78 is 5.69. The highest BCUT2D eigenvalue weighted by Crippen LogP contribution is 2.31. The number of carbonyl (C=O) groups is 1. The largest absolute Gasteiger partial charge is 0.459 e. The van der Waals surface area contributed by atoms with Gasteiger partial charge in [-0.15, -0.1) is 0 Å². The Morgan fingerprint density at radius 2 is 1.81 bits per heavy atom. The molecule has 0 spiro atoms. The lowest BCUT2D eigenvalue weighted by Gasteiger charge is -2.18. The van der Waals surface area contributed by atoms with Gasteiger partial charge in [0, 0.05) is 48.2 Å². The number of rotatable bonds is 5. The van der Waals surface area contributed by atoms with Crippen LogP contribution in [0.1, 0.15) is 25.0 Å². The third-order valence-corrected chi connectivity index (χ3v) is 6.17. The van der Waals surface area contributed by atoms with Gasteiger partial charge in [0.25, 0.3) is 0 Å². The highest BCUT2D eigenvalue weighted by molar-refractivity contribution is 5.88. The van der Waals surface area contributed by atoms with Crippen molar-refractivity contribution in [3.05, 3.63) is 78.3 Å². The van der Waals surface area contributed by atoms with Gasteiger partial charge >= 0.3 is 6.03 Å². The second kappa shape index (κ2) is 8.84. The van der Waals surface area contributed by atoms with Crippen molar-refractivity contribution in [3.8, 4) is 22.5 Å². The van der Waals surface area contributed by atoms with Crippen LogP contribution in [0, 0.1) is 0 Å². The topological polar surface area (TPSA) is 112 Å². The molecule has 0 bridgehead atoms. The zero-order chi connectivity index (χ0) is 24.6. The summed E-state index contributed by atoms with van der Waals surface area (Å²) in [6.45, 7) is 5.07. The summed E-state index contributed by atoms with van der Waals surface area (Å²) in [5, 5.41) is 13.2. The Kier molecular flexibility index (Phi) is 5.37. The third kappa shape index (κ3) is 4.15. The highest BCUT2D eigenvalue weighted by atomic mass is 16.3. The summed E-state index contributed by atoms with van der Waals surface area (Å²) in [5.74, 6) is 1.18. The predicted molar refractivity (Wildman–Crippen MR) is 137 cm³/mol. The Morgan fingerprint density at radius 1 is 1.00 bits per heavy atom. The van der Waals surface area contributed by atoms with Crippen LogP contribution >= 0.6 is 0 Å². The molecule has 0 aliphatic carbocycles. The number of furan rings is 1. The molecule has 0 fully saturated rings. The predicted octanol–water partition coefficient (Wildman–Crippen LogP) is 5.46. The van der Waals surface area contributed by atoms with E-state index < -0.39 is 0 Å². The molecule has 5 aromatic rings. The fourth-order valence-electron chi connectivity index (χ4n) is 4.38. The minimum absolute atomic E-state index is 0.0518. The minimum Gasteiger partial charge on any atom is -0.459 e. The van der Waals surface area contributed by atoms with Crippen LogP contribution in [0.2, 0.25) is 0 Å². The average Bonchev–Trinajstić information content (AvgIpc) is 3.64. The zero-order valence-corrected chi connectivity index (χ0v) is 19.9. The van der Waals surface area contributed by atoms with E-state index in [1.54, 1.807) is 12.5 Å². The maximum absolute atomic E-state index is 12.5. The molecule has 0 saturated carbocycles. The van der Waals surface area contributed by atoms with E-state index in [1.165, 1.54) is 0 Å². The first kappa shape index (κ1) is 21.8. The van der Waals surface area contributed by atoms with Gasteiger partial charge in [0.1, 0.15) is 5.52 Å². The fourth-order valence-corrected chi connectivity index (χ4v) is 4.38. The van der Waals surface area contributed by atoms with Crippen LogP contribution in [0.25, 0.3) is 33.6 Å². The van der Waals surface area contributed by atoms with Gasteiger partial charge in [-0.05, 0) is 48.7 Å². The molecule has 36 heavy (non-hydrogen) atoms. The molecular formula is C27H25N7O2. The number of carbonyl (C=O) groups excluding carboxylic acids is 1. The molecule has 0 unspecified atom stereocenters. The van der Waals surface area contributed by atoms with Crippen LogP contribution in [-0.2, 0) is 13.1 Å². The zero-order valence-electron chi connectivity index (χ0n) is 19.9. The Hall–Kier alpha value is -4.66. The van der Waals surface area contributed by atoms with Crippen molar-refractivity contribution in [3.63, 3.8) is 0 Å². The van der Waals surface area contributed by atoms with Crippen molar-refractivity contribution >= 4 is 28.6 Å². The summed E-state index contributed by atoms with van der Waals surface area (Å²) in [5.41, 5.74) is 7.41. The number of urea groups is 1. The SMILES string of the molecule is CC(C)NC(=O)N1Cc2ccc(-c3nc(Nc4ccc(-c5cn[nH]c5)cc4)c4occc4n3)cc2C1. The molecule has 3 N–H and O–H groups in total. The Labute approximate surface area is 207 Å². The van der Waals surface area contributed by atoms with Crippen LogP contribution < -0.4 is 10.6 Å². The molecule has 180 valence electrons. The van der Waals surface area contributed by atoms with Gasteiger partial charge in [0.2, 0.25) is 0 Å². The summed E-state index contributed by atoms with van der Waals surface area (Å²) in [7, 11) is 0. The van der Waals surface area contributed by atoms with Crippen molar-refractivity contribution in [2.75, 3.05) is 5.32 Å². The van der Waals surface area contributed by atoms with E-state index in [2.05, 4.69) is 33.0 Å². The van der Waals surface area contributed by atoms with Gasteiger partial charge in [0.15, 0.2) is 17.2 Å². The van der Waals surface area contributed by atoms with Gasteiger partial charge in [-0.2, -0.15) is 5.10 Å². The Morgan fingerprint density at radius 3 is 2.58 bits per heavy atom. The van der Waals surface area contributed by atoms with Crippen molar-refractivity contribution < 1.29 is 9.21 Å². The number of nitrogens with one attached hydrogen (secondary N) is 3. The molecule has 4 heterocycles. The van der Waals surface area contributed by atoms with Crippen LogP contribution in [0.4, 0.5) is 16.3 Å². The molecule has 3 aromatic heterocycles. The standard InChI is InChI=1S/C27H25N7O2/c1-16(2)30-27(35)34-14-19-4-3-18(11-20(19)15-34)25-32-23-9-10-36-24(23)26(33-25)31-22-7-5-17(6-8-22)21-12-28-29-13-21/h3-13,16H,14-15H2,1-2H3,(H,28,29)(H,30,35)(H,31,32,33). The van der Waals surface area contributed by atoms with Crippen LogP contribution in [0.3, 0.4) is 0 Å². The number of aromatic amines is 1. The van der Waals surface area contributed by atoms with E-state index in [0.29, 0.717) is 30.3 Å². The lowest BCUT2D eigenvalue weighted by atomic mass is 10.1. The normalized spacial score (nSPS) is 12.8. The van der Waals surface area contributed by atoms with E-state index in [1.807, 2.05) is 61.3 Å². The number of amides is 2. The second-order valence-corrected chi connectivity index (χ2v) is 9.16. The molecular weight excluding hydrogens is 454 g/mol. The fraction of sp³-hybridized carbons (Fsp3) is 0.185. The third-order valence-electron chi connectivity index (χ3n) is 6.17. The molecule has 1 aliphatic rings. The minimum atomic E-state index is -0.0518. The van der Waals surface area contributed by atoms with Crippen LogP contribution in [-0.4, -0.2) is 37.1 Å². The van der Waals surface area contributed by atoms with E-state index in [4.69, 9.17) is 14.4 Å². The second-order valence-electron chi connectivity index (χ2n) is 9.16. The van der Waals surface area contributed by atoms with Gasteiger partial charge in [-0.25, -0.2) is 14.8 Å². The number of hydrogen-bond acceptors (Lipinski definition) is 6. The molecule has 2 aromatic carbocycles. The number of H-pyrrole nitrogens is 1. The molecule has 9 heteroatoms.